The molecule has 3 heteroatoms. The molecule has 18 heavy (non-hydrogen) atoms. The number of hydrogen-bond donors (Lipinski definition) is 1. The van der Waals surface area contributed by atoms with Gasteiger partial charge in [0, 0.05) is 38.3 Å². The van der Waals surface area contributed by atoms with Crippen LogP contribution in [0, 0.1) is 0 Å². The highest BCUT2D eigenvalue weighted by molar-refractivity contribution is 4.94. The van der Waals surface area contributed by atoms with Gasteiger partial charge in [-0.15, -0.1) is 0 Å². The van der Waals surface area contributed by atoms with Crippen molar-refractivity contribution in [3.8, 4) is 0 Å². The standard InChI is InChI=1S/C15H28N2O/c1-13-12-16-8-9-17(13)14-5-10-18-15(11-14)6-3-2-4-7-15/h13-14,16H,2-12H2,1H3. The molecule has 0 amide bonds. The minimum Gasteiger partial charge on any atom is -0.375 e. The molecule has 0 aromatic rings. The summed E-state index contributed by atoms with van der Waals surface area (Å²) in [5.74, 6) is 0. The number of piperazine rings is 1. The molecule has 0 aromatic carbocycles. The first kappa shape index (κ1) is 12.9. The van der Waals surface area contributed by atoms with Gasteiger partial charge < -0.3 is 10.1 Å². The lowest BCUT2D eigenvalue weighted by Gasteiger charge is -2.49. The maximum absolute atomic E-state index is 6.22. The van der Waals surface area contributed by atoms with E-state index in [0.717, 1.165) is 25.7 Å². The maximum Gasteiger partial charge on any atom is 0.0697 e. The van der Waals surface area contributed by atoms with Gasteiger partial charge in [0.15, 0.2) is 0 Å². The lowest BCUT2D eigenvalue weighted by Crippen LogP contribution is -2.58. The highest BCUT2D eigenvalue weighted by atomic mass is 16.5. The largest absolute Gasteiger partial charge is 0.375 e. The minimum atomic E-state index is 0.256. The van der Waals surface area contributed by atoms with E-state index in [2.05, 4.69) is 17.1 Å². The van der Waals surface area contributed by atoms with Gasteiger partial charge in [0.2, 0.25) is 0 Å². The maximum atomic E-state index is 6.22. The van der Waals surface area contributed by atoms with Gasteiger partial charge in [-0.3, -0.25) is 4.90 Å². The summed E-state index contributed by atoms with van der Waals surface area (Å²) in [6.45, 7) is 6.90. The second-order valence-electron chi connectivity index (χ2n) is 6.53. The molecule has 2 unspecified atom stereocenters. The Balaban J connectivity index is 1.65. The predicted octanol–water partition coefficient (Wildman–Crippen LogP) is 2.16. The molecule has 1 aliphatic carbocycles. The van der Waals surface area contributed by atoms with Gasteiger partial charge >= 0.3 is 0 Å². The van der Waals surface area contributed by atoms with E-state index in [-0.39, 0.29) is 5.60 Å². The Kier molecular flexibility index (Phi) is 3.92. The van der Waals surface area contributed by atoms with Gasteiger partial charge in [-0.25, -0.2) is 0 Å². The molecule has 1 saturated carbocycles. The zero-order valence-electron chi connectivity index (χ0n) is 11.8. The minimum absolute atomic E-state index is 0.256. The first-order chi connectivity index (χ1) is 8.79. The summed E-state index contributed by atoms with van der Waals surface area (Å²) in [4.78, 5) is 2.75. The van der Waals surface area contributed by atoms with Crippen molar-refractivity contribution in [3.05, 3.63) is 0 Å². The number of nitrogens with one attached hydrogen (secondary N) is 1. The van der Waals surface area contributed by atoms with Crippen LogP contribution in [0.3, 0.4) is 0 Å². The lowest BCUT2D eigenvalue weighted by molar-refractivity contribution is -0.129. The molecule has 3 aliphatic rings. The average molecular weight is 252 g/mol. The number of rotatable bonds is 1. The number of nitrogens with zero attached hydrogens (tertiary/aromatic N) is 1. The normalized spacial score (nSPS) is 37.8. The van der Waals surface area contributed by atoms with E-state index in [9.17, 15) is 0 Å². The summed E-state index contributed by atoms with van der Waals surface area (Å²) in [6.07, 6.45) is 9.32. The topological polar surface area (TPSA) is 24.5 Å². The SMILES string of the molecule is CC1CNCCN1C1CCOC2(CCCCC2)C1. The zero-order valence-corrected chi connectivity index (χ0v) is 11.8. The van der Waals surface area contributed by atoms with Crippen molar-refractivity contribution in [2.75, 3.05) is 26.2 Å². The van der Waals surface area contributed by atoms with Crippen LogP contribution in [-0.2, 0) is 4.74 Å². The fourth-order valence-corrected chi connectivity index (χ4v) is 4.23. The fraction of sp³-hybridized carbons (Fsp3) is 1.00. The van der Waals surface area contributed by atoms with Crippen LogP contribution in [0.4, 0.5) is 0 Å². The number of hydrogen-bond acceptors (Lipinski definition) is 3. The molecule has 3 fully saturated rings. The van der Waals surface area contributed by atoms with Crippen molar-refractivity contribution in [3.63, 3.8) is 0 Å². The van der Waals surface area contributed by atoms with Gasteiger partial charge in [0.1, 0.15) is 0 Å². The predicted molar refractivity (Wildman–Crippen MR) is 73.8 cm³/mol. The molecular weight excluding hydrogens is 224 g/mol. The van der Waals surface area contributed by atoms with Crippen molar-refractivity contribution in [2.24, 2.45) is 0 Å². The van der Waals surface area contributed by atoms with Gasteiger partial charge in [-0.05, 0) is 32.6 Å². The molecule has 0 bridgehead atoms. The first-order valence-electron chi connectivity index (χ1n) is 7.90. The highest BCUT2D eigenvalue weighted by Crippen LogP contribution is 2.40. The average Bonchev–Trinajstić information content (AvgIpc) is 2.40. The molecule has 2 atom stereocenters. The van der Waals surface area contributed by atoms with Crippen molar-refractivity contribution < 1.29 is 4.74 Å². The summed E-state index contributed by atoms with van der Waals surface area (Å²) >= 11 is 0. The van der Waals surface area contributed by atoms with Crippen molar-refractivity contribution in [2.45, 2.75) is 69.6 Å². The van der Waals surface area contributed by atoms with E-state index in [4.69, 9.17) is 4.74 Å². The first-order valence-corrected chi connectivity index (χ1v) is 7.90. The molecule has 104 valence electrons. The second kappa shape index (κ2) is 5.48. The van der Waals surface area contributed by atoms with Gasteiger partial charge in [0.25, 0.3) is 0 Å². The van der Waals surface area contributed by atoms with Crippen molar-refractivity contribution in [1.82, 2.24) is 10.2 Å². The molecule has 1 N–H and O–H groups in total. The van der Waals surface area contributed by atoms with Crippen molar-refractivity contribution in [1.29, 1.82) is 0 Å². The third-order valence-corrected chi connectivity index (χ3v) is 5.25. The molecule has 2 heterocycles. The summed E-state index contributed by atoms with van der Waals surface area (Å²) < 4.78 is 6.22. The quantitative estimate of drug-likeness (QED) is 0.774. The van der Waals surface area contributed by atoms with Gasteiger partial charge in [0.05, 0.1) is 5.60 Å². The van der Waals surface area contributed by atoms with E-state index in [1.807, 2.05) is 0 Å². The Morgan fingerprint density at radius 3 is 2.83 bits per heavy atom. The Hall–Kier alpha value is -0.120. The molecule has 0 radical (unpaired) electrons. The monoisotopic (exact) mass is 252 g/mol. The van der Waals surface area contributed by atoms with E-state index in [1.165, 1.54) is 51.5 Å². The summed E-state index contributed by atoms with van der Waals surface area (Å²) in [5, 5.41) is 3.50. The molecule has 2 saturated heterocycles. The fourth-order valence-electron chi connectivity index (χ4n) is 4.23. The third-order valence-electron chi connectivity index (χ3n) is 5.25. The summed E-state index contributed by atoms with van der Waals surface area (Å²) in [6, 6.07) is 1.47. The third kappa shape index (κ3) is 2.59. The molecule has 3 rings (SSSR count). The lowest BCUT2D eigenvalue weighted by atomic mass is 9.77. The van der Waals surface area contributed by atoms with Crippen LogP contribution in [0.1, 0.15) is 51.9 Å². The summed E-state index contributed by atoms with van der Waals surface area (Å²) in [7, 11) is 0. The Labute approximate surface area is 111 Å². The Morgan fingerprint density at radius 2 is 2.06 bits per heavy atom. The number of ether oxygens (including phenoxy) is 1. The van der Waals surface area contributed by atoms with E-state index >= 15 is 0 Å². The highest BCUT2D eigenvalue weighted by Gasteiger charge is 2.41. The van der Waals surface area contributed by atoms with Crippen LogP contribution in [0.25, 0.3) is 0 Å². The van der Waals surface area contributed by atoms with Gasteiger partial charge in [-0.1, -0.05) is 19.3 Å². The Bertz CT molecular complexity index is 270. The smallest absolute Gasteiger partial charge is 0.0697 e. The van der Waals surface area contributed by atoms with Crippen LogP contribution in [0.2, 0.25) is 0 Å². The molecule has 0 aromatic heterocycles. The second-order valence-corrected chi connectivity index (χ2v) is 6.53. The Morgan fingerprint density at radius 1 is 1.22 bits per heavy atom. The molecule has 2 aliphatic heterocycles. The van der Waals surface area contributed by atoms with Crippen LogP contribution in [0.5, 0.6) is 0 Å². The van der Waals surface area contributed by atoms with Gasteiger partial charge in [-0.2, -0.15) is 0 Å². The van der Waals surface area contributed by atoms with Crippen LogP contribution < -0.4 is 5.32 Å². The van der Waals surface area contributed by atoms with Crippen molar-refractivity contribution >= 4 is 0 Å². The molecular formula is C15H28N2O. The molecule has 1 spiro atoms. The van der Waals surface area contributed by atoms with Crippen LogP contribution in [0.15, 0.2) is 0 Å². The van der Waals surface area contributed by atoms with E-state index in [1.54, 1.807) is 0 Å². The summed E-state index contributed by atoms with van der Waals surface area (Å²) in [5.41, 5.74) is 0.256. The van der Waals surface area contributed by atoms with E-state index in [0.29, 0.717) is 6.04 Å². The van der Waals surface area contributed by atoms with Crippen LogP contribution >= 0.6 is 0 Å². The zero-order chi connectivity index (χ0) is 12.4. The molecule has 3 nitrogen and oxygen atoms in total. The van der Waals surface area contributed by atoms with E-state index < -0.39 is 0 Å². The van der Waals surface area contributed by atoms with Crippen LogP contribution in [-0.4, -0.2) is 48.8 Å².